The molecule has 3 nitrogen and oxygen atoms in total. The van der Waals surface area contributed by atoms with E-state index in [9.17, 15) is 5.11 Å². The van der Waals surface area contributed by atoms with E-state index in [0.717, 1.165) is 31.4 Å². The first kappa shape index (κ1) is 14.5. The number of para-hydroxylation sites is 1. The monoisotopic (exact) mass is 321 g/mol. The Kier molecular flexibility index (Phi) is 3.22. The standard InChI is InChI=1S/C21H23NO2/c23-18-12-14-6-1-2-7-15(14)20(18)22-17-13-21(10-5-11-21)24-19-9-4-3-8-16(17)19/h1-4,6-9,17-18,20,22-23H,5,10-13H2/t17-,18-,20+/m1/s1. The van der Waals surface area contributed by atoms with Crippen molar-refractivity contribution in [2.45, 2.75) is 55.9 Å². The number of rotatable bonds is 2. The second-order valence-corrected chi connectivity index (χ2v) is 7.55. The Morgan fingerprint density at radius 2 is 1.75 bits per heavy atom. The number of aliphatic hydroxyl groups is 1. The second-order valence-electron chi connectivity index (χ2n) is 7.55. The molecule has 3 aliphatic rings. The van der Waals surface area contributed by atoms with E-state index in [-0.39, 0.29) is 23.8 Å². The molecule has 0 unspecified atom stereocenters. The highest BCUT2D eigenvalue weighted by molar-refractivity contribution is 5.41. The first-order chi connectivity index (χ1) is 11.7. The summed E-state index contributed by atoms with van der Waals surface area (Å²) >= 11 is 0. The fourth-order valence-corrected chi connectivity index (χ4v) is 4.64. The molecule has 3 heteroatoms. The molecular weight excluding hydrogens is 298 g/mol. The average Bonchev–Trinajstić information content (AvgIpc) is 2.89. The predicted molar refractivity (Wildman–Crippen MR) is 93.0 cm³/mol. The Hall–Kier alpha value is -1.84. The zero-order valence-corrected chi connectivity index (χ0v) is 13.7. The second kappa shape index (κ2) is 5.33. The summed E-state index contributed by atoms with van der Waals surface area (Å²) in [4.78, 5) is 0. The van der Waals surface area contributed by atoms with E-state index in [1.807, 2.05) is 6.07 Å². The van der Waals surface area contributed by atoms with Crippen LogP contribution >= 0.6 is 0 Å². The van der Waals surface area contributed by atoms with Crippen molar-refractivity contribution in [1.82, 2.24) is 5.32 Å². The van der Waals surface area contributed by atoms with Crippen LogP contribution in [0.2, 0.25) is 0 Å². The number of hydrogen-bond donors (Lipinski definition) is 2. The van der Waals surface area contributed by atoms with Crippen LogP contribution in [-0.4, -0.2) is 16.8 Å². The SMILES string of the molecule is O[C@@H]1Cc2ccccc2[C@@H]1N[C@@H]1CC2(CCC2)Oc2ccccc21. The lowest BCUT2D eigenvalue weighted by molar-refractivity contribution is -0.0399. The first-order valence-electron chi connectivity index (χ1n) is 9.04. The van der Waals surface area contributed by atoms with Gasteiger partial charge in [0, 0.05) is 24.4 Å². The molecule has 3 atom stereocenters. The number of hydrogen-bond acceptors (Lipinski definition) is 3. The van der Waals surface area contributed by atoms with E-state index in [0.29, 0.717) is 0 Å². The summed E-state index contributed by atoms with van der Waals surface area (Å²) in [5.41, 5.74) is 3.75. The predicted octanol–water partition coefficient (Wildman–Crippen LogP) is 3.68. The maximum Gasteiger partial charge on any atom is 0.124 e. The van der Waals surface area contributed by atoms with Crippen molar-refractivity contribution in [2.24, 2.45) is 0 Å². The summed E-state index contributed by atoms with van der Waals surface area (Å²) in [6.45, 7) is 0. The highest BCUT2D eigenvalue weighted by Crippen LogP contribution is 2.49. The summed E-state index contributed by atoms with van der Waals surface area (Å²) in [5, 5.41) is 14.4. The number of aliphatic hydroxyl groups excluding tert-OH is 1. The van der Waals surface area contributed by atoms with Gasteiger partial charge < -0.3 is 15.2 Å². The van der Waals surface area contributed by atoms with Gasteiger partial charge in [-0.1, -0.05) is 42.5 Å². The molecular formula is C21H23NO2. The van der Waals surface area contributed by atoms with Crippen LogP contribution < -0.4 is 10.1 Å². The molecule has 2 N–H and O–H groups in total. The molecule has 2 aromatic rings. The molecule has 1 aliphatic heterocycles. The summed E-state index contributed by atoms with van der Waals surface area (Å²) in [7, 11) is 0. The number of fused-ring (bicyclic) bond motifs is 2. The van der Waals surface area contributed by atoms with Gasteiger partial charge in [-0.3, -0.25) is 0 Å². The molecule has 2 aliphatic carbocycles. The van der Waals surface area contributed by atoms with Gasteiger partial charge in [0.2, 0.25) is 0 Å². The minimum Gasteiger partial charge on any atom is -0.487 e. The largest absolute Gasteiger partial charge is 0.487 e. The molecule has 2 aromatic carbocycles. The van der Waals surface area contributed by atoms with E-state index in [2.05, 4.69) is 47.8 Å². The quantitative estimate of drug-likeness (QED) is 0.886. The van der Waals surface area contributed by atoms with Crippen molar-refractivity contribution in [3.05, 3.63) is 65.2 Å². The fourth-order valence-electron chi connectivity index (χ4n) is 4.64. The number of ether oxygens (including phenoxy) is 1. The zero-order chi connectivity index (χ0) is 16.1. The van der Waals surface area contributed by atoms with E-state index in [1.54, 1.807) is 0 Å². The van der Waals surface area contributed by atoms with Gasteiger partial charge in [-0.15, -0.1) is 0 Å². The lowest BCUT2D eigenvalue weighted by atomic mass is 9.72. The molecule has 0 radical (unpaired) electrons. The van der Waals surface area contributed by atoms with Crippen molar-refractivity contribution >= 4 is 0 Å². The van der Waals surface area contributed by atoms with E-state index in [1.165, 1.54) is 23.1 Å². The topological polar surface area (TPSA) is 41.5 Å². The number of nitrogens with one attached hydrogen (secondary N) is 1. The Labute approximate surface area is 142 Å². The van der Waals surface area contributed by atoms with E-state index < -0.39 is 0 Å². The Bertz CT molecular complexity index is 768. The van der Waals surface area contributed by atoms with Crippen LogP contribution in [0.15, 0.2) is 48.5 Å². The molecule has 1 fully saturated rings. The van der Waals surface area contributed by atoms with Crippen LogP contribution in [0, 0.1) is 0 Å². The highest BCUT2D eigenvalue weighted by Gasteiger charge is 2.46. The Morgan fingerprint density at radius 3 is 2.54 bits per heavy atom. The molecule has 5 rings (SSSR count). The summed E-state index contributed by atoms with van der Waals surface area (Å²) < 4.78 is 6.34. The molecule has 0 amide bonds. The normalized spacial score (nSPS) is 29.5. The lowest BCUT2D eigenvalue weighted by Gasteiger charge is -2.48. The third kappa shape index (κ3) is 2.19. The molecule has 0 aromatic heterocycles. The van der Waals surface area contributed by atoms with Gasteiger partial charge in [-0.25, -0.2) is 0 Å². The van der Waals surface area contributed by atoms with Gasteiger partial charge in [0.1, 0.15) is 11.4 Å². The van der Waals surface area contributed by atoms with Crippen LogP contribution in [0.3, 0.4) is 0 Å². The third-order valence-corrected chi connectivity index (χ3v) is 6.05. The van der Waals surface area contributed by atoms with Gasteiger partial charge in [-0.2, -0.15) is 0 Å². The van der Waals surface area contributed by atoms with Crippen LogP contribution in [0.4, 0.5) is 0 Å². The average molecular weight is 321 g/mol. The van der Waals surface area contributed by atoms with Gasteiger partial charge in [0.25, 0.3) is 0 Å². The van der Waals surface area contributed by atoms with Crippen LogP contribution in [0.5, 0.6) is 5.75 Å². The van der Waals surface area contributed by atoms with Crippen molar-refractivity contribution in [1.29, 1.82) is 0 Å². The Balaban J connectivity index is 1.48. The first-order valence-corrected chi connectivity index (χ1v) is 9.04. The van der Waals surface area contributed by atoms with Gasteiger partial charge in [-0.05, 0) is 36.5 Å². The molecule has 1 heterocycles. The Morgan fingerprint density at radius 1 is 1.00 bits per heavy atom. The summed E-state index contributed by atoms with van der Waals surface area (Å²) in [6.07, 6.45) is 4.92. The van der Waals surface area contributed by atoms with E-state index >= 15 is 0 Å². The molecule has 1 saturated carbocycles. The summed E-state index contributed by atoms with van der Waals surface area (Å²) in [6, 6.07) is 17.0. The fraction of sp³-hybridized carbons (Fsp3) is 0.429. The summed E-state index contributed by atoms with van der Waals surface area (Å²) in [5.74, 6) is 1.02. The van der Waals surface area contributed by atoms with Crippen molar-refractivity contribution in [2.75, 3.05) is 0 Å². The molecule has 0 bridgehead atoms. The molecule has 24 heavy (non-hydrogen) atoms. The van der Waals surface area contributed by atoms with Gasteiger partial charge in [0.15, 0.2) is 0 Å². The highest BCUT2D eigenvalue weighted by atomic mass is 16.5. The number of benzene rings is 2. The third-order valence-electron chi connectivity index (χ3n) is 6.05. The van der Waals surface area contributed by atoms with Crippen molar-refractivity contribution in [3.8, 4) is 5.75 Å². The minimum absolute atomic E-state index is 0.00878. The zero-order valence-electron chi connectivity index (χ0n) is 13.7. The minimum atomic E-state index is -0.352. The molecule has 124 valence electrons. The molecule has 0 saturated heterocycles. The molecule has 1 spiro atoms. The van der Waals surface area contributed by atoms with Gasteiger partial charge >= 0.3 is 0 Å². The van der Waals surface area contributed by atoms with Crippen LogP contribution in [-0.2, 0) is 6.42 Å². The maximum atomic E-state index is 10.6. The van der Waals surface area contributed by atoms with E-state index in [4.69, 9.17) is 4.74 Å². The lowest BCUT2D eigenvalue weighted by Crippen LogP contribution is -2.49. The smallest absolute Gasteiger partial charge is 0.124 e. The van der Waals surface area contributed by atoms with Crippen LogP contribution in [0.25, 0.3) is 0 Å². The van der Waals surface area contributed by atoms with Crippen molar-refractivity contribution in [3.63, 3.8) is 0 Å². The van der Waals surface area contributed by atoms with Crippen LogP contribution in [0.1, 0.15) is 54.5 Å². The maximum absolute atomic E-state index is 10.6. The van der Waals surface area contributed by atoms with Crippen molar-refractivity contribution < 1.29 is 9.84 Å². The van der Waals surface area contributed by atoms with Gasteiger partial charge in [0.05, 0.1) is 12.1 Å².